The van der Waals surface area contributed by atoms with Gasteiger partial charge >= 0.3 is 0 Å². The molecular formula is C26H36N4O2. The van der Waals surface area contributed by atoms with Gasteiger partial charge in [-0.1, -0.05) is 37.8 Å². The molecule has 2 aliphatic rings. The van der Waals surface area contributed by atoms with Gasteiger partial charge in [-0.15, -0.1) is 0 Å². The molecule has 0 radical (unpaired) electrons. The van der Waals surface area contributed by atoms with E-state index in [-0.39, 0.29) is 0 Å². The van der Waals surface area contributed by atoms with E-state index in [1.165, 1.54) is 36.8 Å². The van der Waals surface area contributed by atoms with E-state index in [1.54, 1.807) is 7.11 Å². The first-order chi connectivity index (χ1) is 15.5. The van der Waals surface area contributed by atoms with Gasteiger partial charge in [0.25, 0.3) is 0 Å². The predicted octanol–water partition coefficient (Wildman–Crippen LogP) is 4.31. The summed E-state index contributed by atoms with van der Waals surface area (Å²) >= 11 is 0. The molecule has 2 heterocycles. The number of anilines is 1. The zero-order valence-electron chi connectivity index (χ0n) is 19.8. The predicted molar refractivity (Wildman–Crippen MR) is 127 cm³/mol. The fourth-order valence-electron chi connectivity index (χ4n) is 5.09. The van der Waals surface area contributed by atoms with E-state index in [0.717, 1.165) is 68.0 Å². The molecule has 1 amide bonds. The Hall–Kier alpha value is -2.63. The van der Waals surface area contributed by atoms with Crippen LogP contribution >= 0.6 is 0 Å². The second kappa shape index (κ2) is 10.3. The van der Waals surface area contributed by atoms with Gasteiger partial charge in [0, 0.05) is 50.3 Å². The van der Waals surface area contributed by atoms with Gasteiger partial charge in [0.1, 0.15) is 17.4 Å². The van der Waals surface area contributed by atoms with Crippen LogP contribution in [0.4, 0.5) is 5.82 Å². The molecule has 1 aromatic carbocycles. The fourth-order valence-corrected chi connectivity index (χ4v) is 5.09. The lowest BCUT2D eigenvalue weighted by atomic mass is 10.0. The van der Waals surface area contributed by atoms with E-state index < -0.39 is 0 Å². The molecule has 0 N–H and O–H groups in total. The minimum absolute atomic E-state index is 0.324. The van der Waals surface area contributed by atoms with Crippen LogP contribution in [0, 0.1) is 19.8 Å². The Morgan fingerprint density at radius 3 is 2.38 bits per heavy atom. The monoisotopic (exact) mass is 436 g/mol. The molecule has 1 aliphatic heterocycles. The van der Waals surface area contributed by atoms with Gasteiger partial charge in [-0.3, -0.25) is 4.79 Å². The smallest absolute Gasteiger partial charge is 0.222 e. The van der Waals surface area contributed by atoms with Crippen molar-refractivity contribution in [3.8, 4) is 5.75 Å². The molecule has 1 saturated heterocycles. The maximum atomic E-state index is 12.7. The van der Waals surface area contributed by atoms with E-state index in [9.17, 15) is 4.79 Å². The number of piperazine rings is 1. The Balaban J connectivity index is 1.41. The fraction of sp³-hybridized carbons (Fsp3) is 0.577. The van der Waals surface area contributed by atoms with Crippen molar-refractivity contribution >= 4 is 11.7 Å². The van der Waals surface area contributed by atoms with Gasteiger partial charge < -0.3 is 14.5 Å². The lowest BCUT2D eigenvalue weighted by molar-refractivity contribution is -0.131. The molecule has 0 bridgehead atoms. The van der Waals surface area contributed by atoms with E-state index in [2.05, 4.69) is 33.8 Å². The standard InChI is InChI=1S/C26H36N4O2/c1-19-24(18-22-8-11-23(32-3)12-9-22)26(28-20(2)27-19)30-16-14-29(15-17-30)25(31)13-10-21-6-4-5-7-21/h8-9,11-12,21H,4-7,10,13-18H2,1-3H3. The van der Waals surface area contributed by atoms with Crippen molar-refractivity contribution in [3.05, 3.63) is 46.9 Å². The highest BCUT2D eigenvalue weighted by Gasteiger charge is 2.25. The van der Waals surface area contributed by atoms with E-state index >= 15 is 0 Å². The second-order valence-corrected chi connectivity index (χ2v) is 9.24. The van der Waals surface area contributed by atoms with E-state index in [0.29, 0.717) is 12.3 Å². The molecule has 6 nitrogen and oxygen atoms in total. The number of carbonyl (C=O) groups excluding carboxylic acids is 1. The molecule has 1 aliphatic carbocycles. The number of aromatic nitrogens is 2. The normalized spacial score (nSPS) is 17.1. The maximum absolute atomic E-state index is 12.7. The molecule has 0 atom stereocenters. The third-order valence-corrected chi connectivity index (χ3v) is 7.02. The first kappa shape index (κ1) is 22.6. The molecule has 2 aromatic rings. The van der Waals surface area contributed by atoms with Crippen LogP contribution in [-0.4, -0.2) is 54.1 Å². The molecule has 0 spiro atoms. The quantitative estimate of drug-likeness (QED) is 0.647. The largest absolute Gasteiger partial charge is 0.497 e. The molecule has 6 heteroatoms. The third kappa shape index (κ3) is 5.40. The SMILES string of the molecule is COc1ccc(Cc2c(C)nc(C)nc2N2CCN(C(=O)CCC3CCCC3)CC2)cc1. The third-order valence-electron chi connectivity index (χ3n) is 7.02. The summed E-state index contributed by atoms with van der Waals surface area (Å²) in [5, 5.41) is 0. The summed E-state index contributed by atoms with van der Waals surface area (Å²) in [4.78, 5) is 26.6. The second-order valence-electron chi connectivity index (χ2n) is 9.24. The lowest BCUT2D eigenvalue weighted by Crippen LogP contribution is -2.49. The topological polar surface area (TPSA) is 58.6 Å². The van der Waals surface area contributed by atoms with Crippen molar-refractivity contribution in [1.82, 2.24) is 14.9 Å². The average Bonchev–Trinajstić information content (AvgIpc) is 3.33. The summed E-state index contributed by atoms with van der Waals surface area (Å²) in [6.07, 6.45) is 7.86. The summed E-state index contributed by atoms with van der Waals surface area (Å²) in [7, 11) is 1.68. The number of benzene rings is 1. The van der Waals surface area contributed by atoms with Gasteiger partial charge in [-0.05, 0) is 43.9 Å². The average molecular weight is 437 g/mol. The minimum Gasteiger partial charge on any atom is -0.497 e. The highest BCUT2D eigenvalue weighted by molar-refractivity contribution is 5.76. The van der Waals surface area contributed by atoms with Crippen LogP contribution < -0.4 is 9.64 Å². The number of carbonyl (C=O) groups is 1. The number of hydrogen-bond acceptors (Lipinski definition) is 5. The molecule has 32 heavy (non-hydrogen) atoms. The summed E-state index contributed by atoms with van der Waals surface area (Å²) in [6.45, 7) is 7.21. The van der Waals surface area contributed by atoms with Crippen molar-refractivity contribution < 1.29 is 9.53 Å². The Morgan fingerprint density at radius 2 is 1.72 bits per heavy atom. The van der Waals surface area contributed by atoms with Crippen molar-refractivity contribution in [2.45, 2.75) is 58.8 Å². The van der Waals surface area contributed by atoms with E-state index in [4.69, 9.17) is 9.72 Å². The summed E-state index contributed by atoms with van der Waals surface area (Å²) in [5.74, 6) is 3.77. The molecule has 172 valence electrons. The Labute approximate surface area is 192 Å². The number of aryl methyl sites for hydroxylation is 2. The van der Waals surface area contributed by atoms with Gasteiger partial charge in [-0.2, -0.15) is 0 Å². The highest BCUT2D eigenvalue weighted by Crippen LogP contribution is 2.29. The van der Waals surface area contributed by atoms with Crippen LogP contribution in [-0.2, 0) is 11.2 Å². The lowest BCUT2D eigenvalue weighted by Gasteiger charge is -2.36. The number of hydrogen-bond donors (Lipinski definition) is 0. The van der Waals surface area contributed by atoms with Crippen LogP contribution in [0.3, 0.4) is 0 Å². The molecule has 2 fully saturated rings. The molecular weight excluding hydrogens is 400 g/mol. The summed E-state index contributed by atoms with van der Waals surface area (Å²) in [6, 6.07) is 8.19. The van der Waals surface area contributed by atoms with Gasteiger partial charge in [0.15, 0.2) is 0 Å². The number of rotatable bonds is 7. The van der Waals surface area contributed by atoms with Crippen LogP contribution in [0.2, 0.25) is 0 Å². The van der Waals surface area contributed by atoms with E-state index in [1.807, 2.05) is 19.1 Å². The Bertz CT molecular complexity index is 914. The zero-order chi connectivity index (χ0) is 22.5. The Kier molecular flexibility index (Phi) is 7.28. The van der Waals surface area contributed by atoms with Crippen LogP contribution in [0.15, 0.2) is 24.3 Å². The first-order valence-corrected chi connectivity index (χ1v) is 12.0. The zero-order valence-corrected chi connectivity index (χ0v) is 19.8. The maximum Gasteiger partial charge on any atom is 0.222 e. The summed E-state index contributed by atoms with van der Waals surface area (Å²) < 4.78 is 5.29. The van der Waals surface area contributed by atoms with Crippen LogP contribution in [0.5, 0.6) is 5.75 Å². The van der Waals surface area contributed by atoms with Crippen LogP contribution in [0.1, 0.15) is 61.2 Å². The number of methoxy groups -OCH3 is 1. The van der Waals surface area contributed by atoms with Gasteiger partial charge in [0.05, 0.1) is 7.11 Å². The number of amides is 1. The molecule has 1 aromatic heterocycles. The number of ether oxygens (including phenoxy) is 1. The van der Waals surface area contributed by atoms with Crippen molar-refractivity contribution in [2.24, 2.45) is 5.92 Å². The summed E-state index contributed by atoms with van der Waals surface area (Å²) in [5.41, 5.74) is 3.41. The van der Waals surface area contributed by atoms with Gasteiger partial charge in [-0.25, -0.2) is 9.97 Å². The van der Waals surface area contributed by atoms with Crippen molar-refractivity contribution in [3.63, 3.8) is 0 Å². The first-order valence-electron chi connectivity index (χ1n) is 12.0. The molecule has 0 unspecified atom stereocenters. The Morgan fingerprint density at radius 1 is 1.03 bits per heavy atom. The van der Waals surface area contributed by atoms with Gasteiger partial charge in [0.2, 0.25) is 5.91 Å². The van der Waals surface area contributed by atoms with Crippen LogP contribution in [0.25, 0.3) is 0 Å². The molecule has 1 saturated carbocycles. The minimum atomic E-state index is 0.324. The number of nitrogens with zero attached hydrogens (tertiary/aromatic N) is 4. The molecule has 4 rings (SSSR count). The van der Waals surface area contributed by atoms with Crippen molar-refractivity contribution in [1.29, 1.82) is 0 Å². The highest BCUT2D eigenvalue weighted by atomic mass is 16.5. The van der Waals surface area contributed by atoms with Crippen molar-refractivity contribution in [2.75, 3.05) is 38.2 Å².